The highest BCUT2D eigenvalue weighted by atomic mass is 127. The Morgan fingerprint density at radius 1 is 1.16 bits per heavy atom. The van der Waals surface area contributed by atoms with Gasteiger partial charge in [0.1, 0.15) is 17.2 Å². The first kappa shape index (κ1) is 25.6. The maximum absolute atomic E-state index is 11.8. The fourth-order valence-electron chi connectivity index (χ4n) is 4.16. The molecule has 1 heterocycles. The van der Waals surface area contributed by atoms with Gasteiger partial charge in [-0.25, -0.2) is 4.79 Å². The van der Waals surface area contributed by atoms with Crippen LogP contribution in [0.15, 0.2) is 35.4 Å². The summed E-state index contributed by atoms with van der Waals surface area (Å²) < 4.78 is 14.5. The molecule has 0 atom stereocenters. The first-order chi connectivity index (χ1) is 15.3. The normalized spacial score (nSPS) is 19.2. The van der Waals surface area contributed by atoms with Crippen LogP contribution in [-0.4, -0.2) is 40.3 Å². The molecule has 0 spiro atoms. The van der Waals surface area contributed by atoms with Crippen LogP contribution in [0.1, 0.15) is 53.4 Å². The lowest BCUT2D eigenvalue weighted by Crippen LogP contribution is -2.28. The number of ether oxygens (including phenoxy) is 2. The van der Waals surface area contributed by atoms with Gasteiger partial charge in [0.25, 0.3) is 0 Å². The molecular formula is C25H35IN2O3S. The number of aromatic nitrogens is 2. The van der Waals surface area contributed by atoms with E-state index >= 15 is 0 Å². The third-order valence-electron chi connectivity index (χ3n) is 5.58. The van der Waals surface area contributed by atoms with Crippen LogP contribution in [0.25, 0.3) is 11.3 Å². The monoisotopic (exact) mass is 570 g/mol. The molecule has 1 fully saturated rings. The van der Waals surface area contributed by atoms with Gasteiger partial charge in [0.15, 0.2) is 0 Å². The topological polar surface area (TPSA) is 53.4 Å². The van der Waals surface area contributed by atoms with Crippen molar-refractivity contribution >= 4 is 40.3 Å². The molecule has 0 aliphatic heterocycles. The molecule has 1 aliphatic carbocycles. The van der Waals surface area contributed by atoms with Gasteiger partial charge < -0.3 is 9.47 Å². The molecule has 3 rings (SSSR count). The van der Waals surface area contributed by atoms with Crippen LogP contribution in [-0.2, 0) is 20.8 Å². The van der Waals surface area contributed by atoms with Gasteiger partial charge in [0.05, 0.1) is 15.9 Å². The van der Waals surface area contributed by atoms with E-state index in [0.29, 0.717) is 18.4 Å². The Morgan fingerprint density at radius 3 is 2.44 bits per heavy atom. The van der Waals surface area contributed by atoms with E-state index in [0.717, 1.165) is 30.2 Å². The molecule has 7 heteroatoms. The molecule has 1 saturated carbocycles. The van der Waals surface area contributed by atoms with Crippen molar-refractivity contribution in [1.29, 1.82) is 0 Å². The molecule has 1 aliphatic rings. The number of carbonyl (C=O) groups is 1. The molecule has 2 aromatic rings. The minimum Gasteiger partial charge on any atom is -0.458 e. The highest BCUT2D eigenvalue weighted by Gasteiger charge is 2.25. The SMILES string of the molecule is CCSc1nn(C[C@H]2CC[C@H](COCC(=O)OC(C)(C)C)CC2)c(-c2ccccc2)c1I. The molecule has 32 heavy (non-hydrogen) atoms. The van der Waals surface area contributed by atoms with Crippen molar-refractivity contribution in [3.8, 4) is 11.3 Å². The van der Waals surface area contributed by atoms with E-state index in [1.54, 1.807) is 0 Å². The second-order valence-corrected chi connectivity index (χ2v) is 11.8. The minimum absolute atomic E-state index is 0.0429. The van der Waals surface area contributed by atoms with Crippen molar-refractivity contribution in [2.75, 3.05) is 19.0 Å². The summed E-state index contributed by atoms with van der Waals surface area (Å²) in [5.74, 6) is 1.88. The molecule has 1 aromatic heterocycles. The van der Waals surface area contributed by atoms with Crippen LogP contribution in [0.5, 0.6) is 0 Å². The van der Waals surface area contributed by atoms with Gasteiger partial charge in [-0.15, -0.1) is 11.8 Å². The number of hydrogen-bond donors (Lipinski definition) is 0. The number of halogens is 1. The average Bonchev–Trinajstić information content (AvgIpc) is 3.04. The lowest BCUT2D eigenvalue weighted by Gasteiger charge is -2.28. The molecular weight excluding hydrogens is 535 g/mol. The molecule has 0 amide bonds. The number of thioether (sulfide) groups is 1. The van der Waals surface area contributed by atoms with Crippen molar-refractivity contribution < 1.29 is 14.3 Å². The highest BCUT2D eigenvalue weighted by molar-refractivity contribution is 14.1. The van der Waals surface area contributed by atoms with Crippen LogP contribution >= 0.6 is 34.4 Å². The maximum atomic E-state index is 11.8. The number of esters is 1. The average molecular weight is 571 g/mol. The van der Waals surface area contributed by atoms with Gasteiger partial charge >= 0.3 is 5.97 Å². The van der Waals surface area contributed by atoms with Crippen LogP contribution < -0.4 is 0 Å². The third-order valence-corrected chi connectivity index (χ3v) is 7.82. The molecule has 5 nitrogen and oxygen atoms in total. The second kappa shape index (κ2) is 11.9. The zero-order valence-corrected chi connectivity index (χ0v) is 22.6. The third kappa shape index (κ3) is 7.48. The quantitative estimate of drug-likeness (QED) is 0.198. The molecule has 0 saturated heterocycles. The lowest BCUT2D eigenvalue weighted by atomic mass is 9.82. The number of benzene rings is 1. The fraction of sp³-hybridized carbons (Fsp3) is 0.600. The summed E-state index contributed by atoms with van der Waals surface area (Å²) in [5, 5.41) is 6.12. The van der Waals surface area contributed by atoms with Crippen LogP contribution in [0.4, 0.5) is 0 Å². The zero-order chi connectivity index (χ0) is 23.1. The smallest absolute Gasteiger partial charge is 0.332 e. The highest BCUT2D eigenvalue weighted by Crippen LogP contribution is 2.36. The summed E-state index contributed by atoms with van der Waals surface area (Å²) >= 11 is 4.27. The van der Waals surface area contributed by atoms with E-state index in [2.05, 4.69) is 64.5 Å². The predicted octanol–water partition coefficient (Wildman–Crippen LogP) is 6.43. The van der Waals surface area contributed by atoms with E-state index < -0.39 is 5.60 Å². The summed E-state index contributed by atoms with van der Waals surface area (Å²) in [6.45, 7) is 9.43. The Kier molecular flexibility index (Phi) is 9.49. The Balaban J connectivity index is 1.54. The summed E-state index contributed by atoms with van der Waals surface area (Å²) in [6.07, 6.45) is 4.60. The van der Waals surface area contributed by atoms with Crippen molar-refractivity contribution in [3.05, 3.63) is 33.9 Å². The fourth-order valence-corrected chi connectivity index (χ4v) is 5.97. The van der Waals surface area contributed by atoms with Gasteiger partial charge in [0, 0.05) is 12.1 Å². The number of hydrogen-bond acceptors (Lipinski definition) is 5. The van der Waals surface area contributed by atoms with E-state index in [9.17, 15) is 4.79 Å². The number of carbonyl (C=O) groups excluding carboxylic acids is 1. The van der Waals surface area contributed by atoms with Gasteiger partial charge in [-0.1, -0.05) is 37.3 Å². The first-order valence-corrected chi connectivity index (χ1v) is 13.6. The summed E-state index contributed by atoms with van der Waals surface area (Å²) in [5.41, 5.74) is 2.01. The van der Waals surface area contributed by atoms with Crippen molar-refractivity contribution in [3.63, 3.8) is 0 Å². The van der Waals surface area contributed by atoms with E-state index in [1.807, 2.05) is 32.5 Å². The van der Waals surface area contributed by atoms with Gasteiger partial charge in [-0.2, -0.15) is 5.10 Å². The Labute approximate surface area is 210 Å². The second-order valence-electron chi connectivity index (χ2n) is 9.44. The molecule has 176 valence electrons. The summed E-state index contributed by atoms with van der Waals surface area (Å²) in [7, 11) is 0. The Hall–Kier alpha value is -1.06. The minimum atomic E-state index is -0.461. The van der Waals surface area contributed by atoms with Crippen molar-refractivity contribution in [2.45, 2.75) is 70.6 Å². The van der Waals surface area contributed by atoms with Gasteiger partial charge in [-0.3, -0.25) is 4.68 Å². The molecule has 0 bridgehead atoms. The van der Waals surface area contributed by atoms with Crippen LogP contribution in [0.3, 0.4) is 0 Å². The molecule has 0 radical (unpaired) electrons. The predicted molar refractivity (Wildman–Crippen MR) is 139 cm³/mol. The van der Waals surface area contributed by atoms with Crippen LogP contribution in [0.2, 0.25) is 0 Å². The molecule has 1 aromatic carbocycles. The number of nitrogens with zero attached hydrogens (tertiary/aromatic N) is 2. The van der Waals surface area contributed by atoms with Crippen LogP contribution in [0, 0.1) is 15.4 Å². The Bertz CT molecular complexity index is 871. The van der Waals surface area contributed by atoms with Crippen molar-refractivity contribution in [2.24, 2.45) is 11.8 Å². The molecule has 0 unspecified atom stereocenters. The van der Waals surface area contributed by atoms with Gasteiger partial charge in [-0.05, 0) is 86.6 Å². The summed E-state index contributed by atoms with van der Waals surface area (Å²) in [4.78, 5) is 11.8. The van der Waals surface area contributed by atoms with Gasteiger partial charge in [0.2, 0.25) is 0 Å². The lowest BCUT2D eigenvalue weighted by molar-refractivity contribution is -0.160. The van der Waals surface area contributed by atoms with E-state index in [-0.39, 0.29) is 12.6 Å². The zero-order valence-electron chi connectivity index (χ0n) is 19.6. The van der Waals surface area contributed by atoms with Crippen molar-refractivity contribution in [1.82, 2.24) is 9.78 Å². The number of rotatable bonds is 9. The molecule has 0 N–H and O–H groups in total. The maximum Gasteiger partial charge on any atom is 0.332 e. The largest absolute Gasteiger partial charge is 0.458 e. The summed E-state index contributed by atoms with van der Waals surface area (Å²) in [6, 6.07) is 10.6. The van der Waals surface area contributed by atoms with E-state index in [4.69, 9.17) is 14.6 Å². The Morgan fingerprint density at radius 2 is 1.81 bits per heavy atom. The standard InChI is InChI=1S/C25H35IN2O3S/c1-5-32-24-22(26)23(20-9-7-6-8-10-20)28(27-24)15-18-11-13-19(14-12-18)16-30-17-21(29)31-25(2,3)4/h6-10,18-19H,5,11-17H2,1-4H3/t18-,19-. The first-order valence-electron chi connectivity index (χ1n) is 11.5. The van der Waals surface area contributed by atoms with E-state index in [1.165, 1.54) is 27.7 Å².